The van der Waals surface area contributed by atoms with Gasteiger partial charge in [-0.2, -0.15) is 5.10 Å². The summed E-state index contributed by atoms with van der Waals surface area (Å²) in [5.74, 6) is -0.104. The van der Waals surface area contributed by atoms with Crippen LogP contribution in [0.3, 0.4) is 0 Å². The molecule has 162 valence electrons. The molecule has 2 heterocycles. The molecule has 0 radical (unpaired) electrons. The number of nitrogens with two attached hydrogens (primary N) is 2. The molecule has 1 aliphatic heterocycles. The smallest absolute Gasteiger partial charge is 0.254 e. The molecule has 1 aliphatic carbocycles. The minimum absolute atomic E-state index is 0.0129. The van der Waals surface area contributed by atoms with Gasteiger partial charge in [0.05, 0.1) is 24.8 Å². The van der Waals surface area contributed by atoms with Gasteiger partial charge in [-0.25, -0.2) is 0 Å². The summed E-state index contributed by atoms with van der Waals surface area (Å²) in [5, 5.41) is 8.43. The molecule has 2 fully saturated rings. The van der Waals surface area contributed by atoms with Crippen LogP contribution in [0.4, 0.5) is 11.5 Å². The van der Waals surface area contributed by atoms with E-state index in [-0.39, 0.29) is 17.6 Å². The first-order valence-electron chi connectivity index (χ1n) is 10.2. The third kappa shape index (κ3) is 4.05. The van der Waals surface area contributed by atoms with Crippen molar-refractivity contribution in [3.63, 3.8) is 0 Å². The Morgan fingerprint density at radius 1 is 1.33 bits per heavy atom. The molecule has 1 unspecified atom stereocenters. The lowest BCUT2D eigenvalue weighted by molar-refractivity contribution is -0.139. The molecular formula is C21H29ClN6O2. The highest BCUT2D eigenvalue weighted by atomic mass is 35.5. The number of ether oxygens (including phenoxy) is 1. The molecule has 2 aliphatic rings. The molecule has 9 heteroatoms. The number of carbonyl (C=O) groups is 1. The minimum Gasteiger partial charge on any atom is -0.377 e. The van der Waals surface area contributed by atoms with Gasteiger partial charge in [-0.05, 0) is 57.5 Å². The second kappa shape index (κ2) is 8.19. The van der Waals surface area contributed by atoms with Crippen LogP contribution < -0.4 is 16.8 Å². The van der Waals surface area contributed by atoms with Gasteiger partial charge in [0.1, 0.15) is 5.56 Å². The zero-order valence-corrected chi connectivity index (χ0v) is 18.1. The van der Waals surface area contributed by atoms with Crippen LogP contribution in [0.2, 0.25) is 5.02 Å². The Morgan fingerprint density at radius 2 is 2.03 bits per heavy atom. The Kier molecular flexibility index (Phi) is 5.76. The molecule has 0 bridgehead atoms. The van der Waals surface area contributed by atoms with Crippen molar-refractivity contribution in [2.75, 3.05) is 25.6 Å². The highest BCUT2D eigenvalue weighted by Gasteiger charge is 2.43. The average molecular weight is 433 g/mol. The van der Waals surface area contributed by atoms with Crippen LogP contribution in [-0.2, 0) is 4.74 Å². The lowest BCUT2D eigenvalue weighted by atomic mass is 9.84. The Balaban J connectivity index is 1.50. The normalized spacial score (nSPS) is 25.7. The van der Waals surface area contributed by atoms with Crippen molar-refractivity contribution in [1.29, 1.82) is 0 Å². The number of anilines is 2. The molecule has 8 nitrogen and oxygen atoms in total. The molecule has 5 N–H and O–H groups in total. The number of nitrogens with one attached hydrogen (secondary N) is 1. The Hall–Kier alpha value is -2.13. The zero-order valence-electron chi connectivity index (χ0n) is 17.3. The molecule has 1 aromatic carbocycles. The monoisotopic (exact) mass is 432 g/mol. The molecule has 1 amide bonds. The first-order chi connectivity index (χ1) is 14.3. The summed E-state index contributed by atoms with van der Waals surface area (Å²) in [6, 6.07) is 7.53. The van der Waals surface area contributed by atoms with E-state index < -0.39 is 5.91 Å². The van der Waals surface area contributed by atoms with Crippen LogP contribution >= 0.6 is 11.6 Å². The summed E-state index contributed by atoms with van der Waals surface area (Å²) in [6.45, 7) is 3.76. The number of hydrogen-bond acceptors (Lipinski definition) is 6. The Morgan fingerprint density at radius 3 is 2.60 bits per heavy atom. The maximum Gasteiger partial charge on any atom is 0.254 e. The summed E-state index contributed by atoms with van der Waals surface area (Å²) in [5.41, 5.74) is 13.4. The van der Waals surface area contributed by atoms with E-state index in [2.05, 4.69) is 29.3 Å². The largest absolute Gasteiger partial charge is 0.377 e. The fourth-order valence-electron chi connectivity index (χ4n) is 4.39. The third-order valence-electron chi connectivity index (χ3n) is 6.50. The second-order valence-electron chi connectivity index (χ2n) is 8.67. The minimum atomic E-state index is -0.530. The van der Waals surface area contributed by atoms with Crippen molar-refractivity contribution < 1.29 is 9.53 Å². The zero-order chi connectivity index (χ0) is 21.5. The second-order valence-corrected chi connectivity index (χ2v) is 9.10. The predicted molar refractivity (Wildman–Crippen MR) is 117 cm³/mol. The quantitative estimate of drug-likeness (QED) is 0.646. The molecule has 4 rings (SSSR count). The van der Waals surface area contributed by atoms with E-state index in [4.69, 9.17) is 27.8 Å². The summed E-state index contributed by atoms with van der Waals surface area (Å²) in [4.78, 5) is 14.4. The molecule has 1 saturated heterocycles. The predicted octanol–water partition coefficient (Wildman–Crippen LogP) is 2.52. The number of nitrogens with zero attached hydrogens (tertiary/aromatic N) is 3. The first-order valence-corrected chi connectivity index (χ1v) is 10.6. The van der Waals surface area contributed by atoms with E-state index in [1.165, 1.54) is 0 Å². The lowest BCUT2D eigenvalue weighted by Crippen LogP contribution is -2.63. The van der Waals surface area contributed by atoms with E-state index in [1.54, 1.807) is 23.0 Å². The van der Waals surface area contributed by atoms with E-state index in [1.807, 2.05) is 12.1 Å². The number of rotatable bonds is 6. The van der Waals surface area contributed by atoms with Crippen molar-refractivity contribution in [3.8, 4) is 0 Å². The summed E-state index contributed by atoms with van der Waals surface area (Å²) < 4.78 is 7.21. The molecule has 0 spiro atoms. The average Bonchev–Trinajstić information content (AvgIpc) is 3.11. The highest BCUT2D eigenvalue weighted by Crippen LogP contribution is 2.35. The van der Waals surface area contributed by atoms with Crippen LogP contribution in [0, 0.1) is 0 Å². The number of hydrogen-bond donors (Lipinski definition) is 3. The molecular weight excluding hydrogens is 404 g/mol. The summed E-state index contributed by atoms with van der Waals surface area (Å²) >= 11 is 5.95. The van der Waals surface area contributed by atoms with Gasteiger partial charge in [0, 0.05) is 29.0 Å². The fourth-order valence-corrected chi connectivity index (χ4v) is 4.52. The van der Waals surface area contributed by atoms with Gasteiger partial charge in [-0.3, -0.25) is 14.4 Å². The standard InChI is InChI=1S/C21H29ClN6O2/c1-21(11-30-12-21)27(2)15-7-8-18(17(23)9-15)28-10-16(19(24)29)20(26-28)25-14-5-3-13(22)4-6-14/h3-6,10,15,17-18H,7-9,11-12,23H2,1-2H3,(H2,24,29)(H,25,26)/t15-,17-,18?/m0/s1. The number of amides is 1. The number of primary amides is 1. The van der Waals surface area contributed by atoms with Crippen LogP contribution in [0.1, 0.15) is 42.6 Å². The molecule has 1 saturated carbocycles. The van der Waals surface area contributed by atoms with Gasteiger partial charge in [0.2, 0.25) is 0 Å². The molecule has 30 heavy (non-hydrogen) atoms. The summed E-state index contributed by atoms with van der Waals surface area (Å²) in [7, 11) is 2.16. The number of likely N-dealkylation sites (N-methyl/N-ethyl adjacent to an activating group) is 1. The van der Waals surface area contributed by atoms with E-state index in [0.717, 1.165) is 38.2 Å². The third-order valence-corrected chi connectivity index (χ3v) is 6.76. The van der Waals surface area contributed by atoms with Crippen LogP contribution in [0.15, 0.2) is 30.5 Å². The Bertz CT molecular complexity index is 911. The van der Waals surface area contributed by atoms with Crippen LogP contribution in [0.5, 0.6) is 0 Å². The number of carbonyl (C=O) groups excluding carboxylic acids is 1. The fraction of sp³-hybridized carbons (Fsp3) is 0.524. The maximum absolute atomic E-state index is 12.0. The van der Waals surface area contributed by atoms with Crippen LogP contribution in [-0.4, -0.2) is 58.5 Å². The van der Waals surface area contributed by atoms with Crippen molar-refractivity contribution in [3.05, 3.63) is 41.0 Å². The van der Waals surface area contributed by atoms with E-state index >= 15 is 0 Å². The van der Waals surface area contributed by atoms with Gasteiger partial charge < -0.3 is 21.5 Å². The van der Waals surface area contributed by atoms with Crippen molar-refractivity contribution >= 4 is 29.0 Å². The van der Waals surface area contributed by atoms with Crippen molar-refractivity contribution in [2.45, 2.75) is 49.9 Å². The number of aromatic nitrogens is 2. The molecule has 3 atom stereocenters. The molecule has 2 aromatic rings. The first kappa shape index (κ1) is 21.1. The topological polar surface area (TPSA) is 111 Å². The van der Waals surface area contributed by atoms with Crippen LogP contribution in [0.25, 0.3) is 0 Å². The number of halogens is 1. The van der Waals surface area contributed by atoms with Gasteiger partial charge >= 0.3 is 0 Å². The lowest BCUT2D eigenvalue weighted by Gasteiger charge is -2.51. The van der Waals surface area contributed by atoms with Crippen molar-refractivity contribution in [1.82, 2.24) is 14.7 Å². The SMILES string of the molecule is CN([C@H]1CCC(n2cc(C(N)=O)c(Nc3ccc(Cl)cc3)n2)[C@@H](N)C1)C1(C)COC1. The maximum atomic E-state index is 12.0. The van der Waals surface area contributed by atoms with E-state index in [9.17, 15) is 4.79 Å². The summed E-state index contributed by atoms with van der Waals surface area (Å²) in [6.07, 6.45) is 4.46. The number of benzene rings is 1. The van der Waals surface area contributed by atoms with Crippen molar-refractivity contribution in [2.24, 2.45) is 11.5 Å². The van der Waals surface area contributed by atoms with Gasteiger partial charge in [-0.15, -0.1) is 0 Å². The molecule has 1 aromatic heterocycles. The van der Waals surface area contributed by atoms with Gasteiger partial charge in [-0.1, -0.05) is 11.6 Å². The van der Waals surface area contributed by atoms with Gasteiger partial charge in [0.15, 0.2) is 5.82 Å². The highest BCUT2D eigenvalue weighted by molar-refractivity contribution is 6.30. The van der Waals surface area contributed by atoms with Gasteiger partial charge in [0.25, 0.3) is 5.91 Å². The van der Waals surface area contributed by atoms with E-state index in [0.29, 0.717) is 22.4 Å². The Labute approximate surface area is 181 Å².